The molecule has 3 N–H and O–H groups in total. The van der Waals surface area contributed by atoms with Crippen molar-refractivity contribution in [1.29, 1.82) is 0 Å². The molecule has 0 aromatic heterocycles. The summed E-state index contributed by atoms with van der Waals surface area (Å²) in [5.74, 6) is 0.101. The van der Waals surface area contributed by atoms with Crippen molar-refractivity contribution in [2.75, 3.05) is 25.0 Å². The first-order valence-corrected chi connectivity index (χ1v) is 7.08. The van der Waals surface area contributed by atoms with Gasteiger partial charge in [-0.1, -0.05) is 0 Å². The quantitative estimate of drug-likeness (QED) is 0.884. The molecule has 20 heavy (non-hydrogen) atoms. The summed E-state index contributed by atoms with van der Waals surface area (Å²) in [7, 11) is 0. The van der Waals surface area contributed by atoms with E-state index < -0.39 is 0 Å². The molecular weight excluding hydrogens is 257 g/mol. The van der Waals surface area contributed by atoms with Crippen LogP contribution in [-0.2, 0) is 4.79 Å². The second-order valence-corrected chi connectivity index (χ2v) is 5.51. The fourth-order valence-corrected chi connectivity index (χ4v) is 2.59. The molecule has 2 unspecified atom stereocenters. The van der Waals surface area contributed by atoms with E-state index >= 15 is 0 Å². The lowest BCUT2D eigenvalue weighted by Crippen LogP contribution is -2.47. The van der Waals surface area contributed by atoms with Crippen LogP contribution >= 0.6 is 0 Å². The molecule has 1 heterocycles. The molecule has 1 saturated heterocycles. The number of anilines is 1. The van der Waals surface area contributed by atoms with Gasteiger partial charge in [0.05, 0.1) is 6.54 Å². The monoisotopic (exact) mass is 279 g/mol. The number of hydrogen-bond donors (Lipinski definition) is 2. The number of carbonyl (C=O) groups is 1. The van der Waals surface area contributed by atoms with E-state index in [0.29, 0.717) is 30.7 Å². The van der Waals surface area contributed by atoms with Crippen molar-refractivity contribution < 1.29 is 9.18 Å². The number of piperidine rings is 1. The lowest BCUT2D eigenvalue weighted by atomic mass is 9.93. The molecule has 0 spiro atoms. The summed E-state index contributed by atoms with van der Waals surface area (Å²) >= 11 is 0. The van der Waals surface area contributed by atoms with Crippen LogP contribution in [0.3, 0.4) is 0 Å². The van der Waals surface area contributed by atoms with Crippen LogP contribution in [0.5, 0.6) is 0 Å². The average molecular weight is 279 g/mol. The van der Waals surface area contributed by atoms with Gasteiger partial charge in [0.25, 0.3) is 0 Å². The van der Waals surface area contributed by atoms with Gasteiger partial charge in [-0.25, -0.2) is 4.39 Å². The van der Waals surface area contributed by atoms with Crippen LogP contribution in [0.4, 0.5) is 10.1 Å². The number of nitrogens with one attached hydrogen (secondary N) is 1. The van der Waals surface area contributed by atoms with Crippen molar-refractivity contribution in [2.24, 2.45) is 11.7 Å². The average Bonchev–Trinajstić information content (AvgIpc) is 2.44. The Morgan fingerprint density at radius 3 is 2.75 bits per heavy atom. The minimum Gasteiger partial charge on any atom is -0.330 e. The van der Waals surface area contributed by atoms with Gasteiger partial charge >= 0.3 is 0 Å². The lowest BCUT2D eigenvalue weighted by molar-refractivity contribution is -0.118. The highest BCUT2D eigenvalue weighted by molar-refractivity contribution is 5.92. The van der Waals surface area contributed by atoms with Crippen LogP contribution in [0.2, 0.25) is 0 Å². The van der Waals surface area contributed by atoms with Crippen LogP contribution < -0.4 is 11.1 Å². The smallest absolute Gasteiger partial charge is 0.238 e. The van der Waals surface area contributed by atoms with E-state index in [2.05, 4.69) is 17.1 Å². The molecule has 1 aromatic carbocycles. The number of hydrogen-bond acceptors (Lipinski definition) is 3. The Balaban J connectivity index is 1.88. The number of carbonyl (C=O) groups excluding carboxylic acids is 1. The first-order chi connectivity index (χ1) is 9.58. The van der Waals surface area contributed by atoms with Crippen LogP contribution in [0.15, 0.2) is 24.3 Å². The van der Waals surface area contributed by atoms with Gasteiger partial charge in [0.1, 0.15) is 5.82 Å². The Morgan fingerprint density at radius 2 is 2.10 bits per heavy atom. The first-order valence-electron chi connectivity index (χ1n) is 7.08. The predicted octanol–water partition coefficient (Wildman–Crippen LogP) is 1.82. The van der Waals surface area contributed by atoms with E-state index in [1.54, 1.807) is 12.1 Å². The van der Waals surface area contributed by atoms with Gasteiger partial charge in [-0.2, -0.15) is 0 Å². The molecule has 1 aromatic rings. The fourth-order valence-electron chi connectivity index (χ4n) is 2.59. The van der Waals surface area contributed by atoms with E-state index in [0.717, 1.165) is 19.4 Å². The second kappa shape index (κ2) is 6.81. The largest absolute Gasteiger partial charge is 0.330 e. The molecular formula is C15H22FN3O. The first kappa shape index (κ1) is 14.9. The predicted molar refractivity (Wildman–Crippen MR) is 77.8 cm³/mol. The number of rotatable bonds is 4. The van der Waals surface area contributed by atoms with Gasteiger partial charge in [-0.05, 0) is 56.5 Å². The van der Waals surface area contributed by atoms with Gasteiger partial charge in [-0.3, -0.25) is 9.69 Å². The van der Waals surface area contributed by atoms with Crippen LogP contribution in [-0.4, -0.2) is 36.5 Å². The van der Waals surface area contributed by atoms with E-state index in [-0.39, 0.29) is 11.7 Å². The van der Waals surface area contributed by atoms with E-state index in [1.165, 1.54) is 12.1 Å². The van der Waals surface area contributed by atoms with Gasteiger partial charge in [0.2, 0.25) is 5.91 Å². The number of amides is 1. The molecule has 5 heteroatoms. The number of benzene rings is 1. The van der Waals surface area contributed by atoms with Crippen molar-refractivity contribution in [3.8, 4) is 0 Å². The van der Waals surface area contributed by atoms with Gasteiger partial charge < -0.3 is 11.1 Å². The van der Waals surface area contributed by atoms with Crippen LogP contribution in [0, 0.1) is 11.7 Å². The number of halogens is 1. The topological polar surface area (TPSA) is 58.4 Å². The number of likely N-dealkylation sites (tertiary alicyclic amines) is 1. The van der Waals surface area contributed by atoms with Crippen molar-refractivity contribution in [2.45, 2.75) is 25.8 Å². The maximum absolute atomic E-state index is 12.8. The molecule has 1 aliphatic rings. The summed E-state index contributed by atoms with van der Waals surface area (Å²) in [5, 5.41) is 2.79. The highest BCUT2D eigenvalue weighted by Crippen LogP contribution is 2.20. The zero-order chi connectivity index (χ0) is 14.5. The van der Waals surface area contributed by atoms with Gasteiger partial charge in [-0.15, -0.1) is 0 Å². The molecule has 2 rings (SSSR count). The van der Waals surface area contributed by atoms with Crippen LogP contribution in [0.1, 0.15) is 19.8 Å². The van der Waals surface area contributed by atoms with Gasteiger partial charge in [0, 0.05) is 18.3 Å². The Bertz CT molecular complexity index is 449. The third kappa shape index (κ3) is 4.02. The maximum atomic E-state index is 12.8. The van der Waals surface area contributed by atoms with Crippen molar-refractivity contribution in [1.82, 2.24) is 4.90 Å². The normalized spacial score (nSPS) is 23.6. The number of nitrogens with two attached hydrogens (primary N) is 1. The summed E-state index contributed by atoms with van der Waals surface area (Å²) < 4.78 is 12.8. The summed E-state index contributed by atoms with van der Waals surface area (Å²) in [6.07, 6.45) is 2.21. The summed E-state index contributed by atoms with van der Waals surface area (Å²) in [4.78, 5) is 14.2. The Hall–Kier alpha value is -1.46. The fraction of sp³-hybridized carbons (Fsp3) is 0.533. The zero-order valence-corrected chi connectivity index (χ0v) is 11.8. The minimum absolute atomic E-state index is 0.0684. The molecule has 4 nitrogen and oxygen atoms in total. The van der Waals surface area contributed by atoms with Crippen molar-refractivity contribution in [3.63, 3.8) is 0 Å². The Kier molecular flexibility index (Phi) is 5.09. The standard InChI is InChI=1S/C15H22FN3O/c1-11-2-3-12(8-17)9-19(11)10-15(20)18-14-6-4-13(16)5-7-14/h4-7,11-12H,2-3,8-10,17H2,1H3,(H,18,20). The molecule has 0 bridgehead atoms. The third-order valence-electron chi connectivity index (χ3n) is 3.92. The molecule has 1 amide bonds. The lowest BCUT2D eigenvalue weighted by Gasteiger charge is -2.37. The SMILES string of the molecule is CC1CCC(CN)CN1CC(=O)Nc1ccc(F)cc1. The van der Waals surface area contributed by atoms with E-state index in [1.807, 2.05) is 0 Å². The van der Waals surface area contributed by atoms with Crippen molar-refractivity contribution >= 4 is 11.6 Å². The molecule has 110 valence electrons. The van der Waals surface area contributed by atoms with Crippen molar-refractivity contribution in [3.05, 3.63) is 30.1 Å². The summed E-state index contributed by atoms with van der Waals surface area (Å²) in [6.45, 7) is 4.03. The molecule has 1 fully saturated rings. The Morgan fingerprint density at radius 1 is 1.40 bits per heavy atom. The molecule has 0 radical (unpaired) electrons. The molecule has 2 atom stereocenters. The zero-order valence-electron chi connectivity index (χ0n) is 11.8. The molecule has 1 aliphatic heterocycles. The second-order valence-electron chi connectivity index (χ2n) is 5.51. The maximum Gasteiger partial charge on any atom is 0.238 e. The van der Waals surface area contributed by atoms with E-state index in [9.17, 15) is 9.18 Å². The van der Waals surface area contributed by atoms with E-state index in [4.69, 9.17) is 5.73 Å². The Labute approximate surface area is 119 Å². The highest BCUT2D eigenvalue weighted by Gasteiger charge is 2.25. The summed E-state index contributed by atoms with van der Waals surface area (Å²) in [6, 6.07) is 6.20. The molecule has 0 saturated carbocycles. The van der Waals surface area contributed by atoms with Crippen LogP contribution in [0.25, 0.3) is 0 Å². The minimum atomic E-state index is -0.307. The molecule has 0 aliphatic carbocycles. The third-order valence-corrected chi connectivity index (χ3v) is 3.92. The summed E-state index contributed by atoms with van der Waals surface area (Å²) in [5.41, 5.74) is 6.34. The highest BCUT2D eigenvalue weighted by atomic mass is 19.1. The van der Waals surface area contributed by atoms with Gasteiger partial charge in [0.15, 0.2) is 0 Å². The number of nitrogens with zero attached hydrogens (tertiary/aromatic N) is 1.